The van der Waals surface area contributed by atoms with Crippen LogP contribution in [0.5, 0.6) is 0 Å². The van der Waals surface area contributed by atoms with Crippen LogP contribution in [0.15, 0.2) is 77.7 Å². The van der Waals surface area contributed by atoms with Gasteiger partial charge in [-0.25, -0.2) is 8.42 Å². The van der Waals surface area contributed by atoms with Crippen LogP contribution in [0.25, 0.3) is 0 Å². The Hall–Kier alpha value is -3.28. The van der Waals surface area contributed by atoms with Crippen molar-refractivity contribution >= 4 is 50.7 Å². The second-order valence-electron chi connectivity index (χ2n) is 10.5. The van der Waals surface area contributed by atoms with Crippen molar-refractivity contribution in [3.8, 4) is 0 Å². The van der Waals surface area contributed by atoms with Gasteiger partial charge in [0.05, 0.1) is 16.1 Å². The third-order valence-corrected chi connectivity index (χ3v) is 9.89. The van der Waals surface area contributed by atoms with Crippen molar-refractivity contribution in [3.05, 3.63) is 94.0 Å². The molecular weight excluding hydrogens is 638 g/mol. The Balaban J connectivity index is 1.77. The fourth-order valence-corrected chi connectivity index (χ4v) is 7.10. The third-order valence-electron chi connectivity index (χ3n) is 7.51. The van der Waals surface area contributed by atoms with Crippen LogP contribution in [0.2, 0.25) is 10.0 Å². The van der Waals surface area contributed by atoms with E-state index in [4.69, 9.17) is 23.2 Å². The standard InChI is InChI=1S/C31H32Cl2F3N3O4S/c1-2-28(30(41)37-24-10-6-7-11-24)38(19-21-15-16-23(32)18-27(21)33)29(40)20-39(44(42,43)26-13-4-3-5-14-26)25-12-8-9-22(17-25)31(34,35)36/h3-5,8-9,12-18,24,28H,2,6-7,10-11,19-20H2,1H3,(H,37,41)/t28-/m1/s1. The molecule has 0 spiro atoms. The molecule has 4 rings (SSSR count). The molecule has 1 saturated carbocycles. The summed E-state index contributed by atoms with van der Waals surface area (Å²) >= 11 is 12.5. The molecule has 0 saturated heterocycles. The van der Waals surface area contributed by atoms with Crippen LogP contribution < -0.4 is 9.62 Å². The van der Waals surface area contributed by atoms with Crippen LogP contribution in [0, 0.1) is 0 Å². The molecule has 1 aliphatic carbocycles. The van der Waals surface area contributed by atoms with Gasteiger partial charge in [0, 0.05) is 22.6 Å². The number of hydrogen-bond donors (Lipinski definition) is 1. The van der Waals surface area contributed by atoms with Gasteiger partial charge in [-0.05, 0) is 67.3 Å². The Bertz CT molecular complexity index is 1580. The first-order valence-electron chi connectivity index (χ1n) is 14.1. The molecule has 0 bridgehead atoms. The molecule has 44 heavy (non-hydrogen) atoms. The highest BCUT2D eigenvalue weighted by atomic mass is 35.5. The van der Waals surface area contributed by atoms with Gasteiger partial charge in [-0.2, -0.15) is 13.2 Å². The van der Waals surface area contributed by atoms with Crippen molar-refractivity contribution in [1.29, 1.82) is 0 Å². The fourth-order valence-electron chi connectivity index (χ4n) is 5.21. The van der Waals surface area contributed by atoms with E-state index < -0.39 is 46.2 Å². The highest BCUT2D eigenvalue weighted by Gasteiger charge is 2.36. The average Bonchev–Trinajstić information content (AvgIpc) is 3.49. The number of nitrogens with one attached hydrogen (secondary N) is 1. The normalized spacial score (nSPS) is 14.7. The number of amides is 2. The van der Waals surface area contributed by atoms with Crippen LogP contribution in [0.4, 0.5) is 18.9 Å². The lowest BCUT2D eigenvalue weighted by Gasteiger charge is -2.34. The molecule has 2 amide bonds. The van der Waals surface area contributed by atoms with Gasteiger partial charge in [-0.15, -0.1) is 0 Å². The van der Waals surface area contributed by atoms with Gasteiger partial charge in [0.1, 0.15) is 12.6 Å². The topological polar surface area (TPSA) is 86.8 Å². The number of halogens is 5. The molecule has 3 aromatic carbocycles. The highest BCUT2D eigenvalue weighted by Crippen LogP contribution is 2.34. The first-order chi connectivity index (χ1) is 20.8. The monoisotopic (exact) mass is 669 g/mol. The zero-order chi connectivity index (χ0) is 32.1. The summed E-state index contributed by atoms with van der Waals surface area (Å²) in [5.74, 6) is -1.21. The minimum absolute atomic E-state index is 0.0484. The molecule has 7 nitrogen and oxygen atoms in total. The number of anilines is 1. The number of carbonyl (C=O) groups is 2. The lowest BCUT2D eigenvalue weighted by Crippen LogP contribution is -2.53. The molecule has 3 aromatic rings. The molecule has 1 aliphatic rings. The molecule has 1 fully saturated rings. The summed E-state index contributed by atoms with van der Waals surface area (Å²) in [6.45, 7) is 0.665. The Morgan fingerprint density at radius 2 is 1.66 bits per heavy atom. The molecule has 1 atom stereocenters. The maximum absolute atomic E-state index is 14.2. The van der Waals surface area contributed by atoms with E-state index >= 15 is 0 Å². The number of carbonyl (C=O) groups excluding carboxylic acids is 2. The van der Waals surface area contributed by atoms with Crippen molar-refractivity contribution < 1.29 is 31.2 Å². The number of sulfonamides is 1. The zero-order valence-corrected chi connectivity index (χ0v) is 26.2. The zero-order valence-electron chi connectivity index (χ0n) is 23.9. The number of hydrogen-bond acceptors (Lipinski definition) is 4. The van der Waals surface area contributed by atoms with Gasteiger partial charge < -0.3 is 10.2 Å². The summed E-state index contributed by atoms with van der Waals surface area (Å²) in [4.78, 5) is 28.7. The van der Waals surface area contributed by atoms with Crippen LogP contribution in [-0.4, -0.2) is 43.8 Å². The van der Waals surface area contributed by atoms with E-state index in [2.05, 4.69) is 5.32 Å². The molecule has 13 heteroatoms. The summed E-state index contributed by atoms with van der Waals surface area (Å²) in [5.41, 5.74) is -0.985. The summed E-state index contributed by atoms with van der Waals surface area (Å²) in [6.07, 6.45) is -1.03. The molecule has 0 heterocycles. The molecule has 1 N–H and O–H groups in total. The first kappa shape index (κ1) is 33.6. The van der Waals surface area contributed by atoms with E-state index in [1.54, 1.807) is 25.1 Å². The summed E-state index contributed by atoms with van der Waals surface area (Å²) in [7, 11) is -4.53. The van der Waals surface area contributed by atoms with E-state index in [-0.39, 0.29) is 34.6 Å². The Morgan fingerprint density at radius 3 is 2.27 bits per heavy atom. The van der Waals surface area contributed by atoms with Crippen LogP contribution in [-0.2, 0) is 32.3 Å². The van der Waals surface area contributed by atoms with Crippen molar-refractivity contribution in [1.82, 2.24) is 10.2 Å². The van der Waals surface area contributed by atoms with E-state index in [1.807, 2.05) is 0 Å². The van der Waals surface area contributed by atoms with Gasteiger partial charge in [-0.3, -0.25) is 13.9 Å². The Kier molecular flexibility index (Phi) is 10.9. The highest BCUT2D eigenvalue weighted by molar-refractivity contribution is 7.92. The SMILES string of the molecule is CC[C@H](C(=O)NC1CCCC1)N(Cc1ccc(Cl)cc1Cl)C(=O)CN(c1cccc(C(F)(F)F)c1)S(=O)(=O)c1ccccc1. The lowest BCUT2D eigenvalue weighted by molar-refractivity contribution is -0.140. The predicted octanol–water partition coefficient (Wildman–Crippen LogP) is 7.07. The maximum Gasteiger partial charge on any atom is 0.416 e. The molecular formula is C31H32Cl2F3N3O4S. The minimum Gasteiger partial charge on any atom is -0.352 e. The average molecular weight is 671 g/mol. The number of nitrogens with zero attached hydrogens (tertiary/aromatic N) is 2. The van der Waals surface area contributed by atoms with Gasteiger partial charge in [0.15, 0.2) is 0 Å². The molecule has 0 aliphatic heterocycles. The summed E-state index contributed by atoms with van der Waals surface area (Å²) in [5, 5.41) is 3.58. The van der Waals surface area contributed by atoms with E-state index in [1.165, 1.54) is 41.3 Å². The smallest absolute Gasteiger partial charge is 0.352 e. The van der Waals surface area contributed by atoms with E-state index in [0.29, 0.717) is 21.0 Å². The number of alkyl halides is 3. The summed E-state index contributed by atoms with van der Waals surface area (Å²) < 4.78 is 69.3. The van der Waals surface area contributed by atoms with Gasteiger partial charge in [-0.1, -0.05) is 73.3 Å². The van der Waals surface area contributed by atoms with Gasteiger partial charge in [0.2, 0.25) is 11.8 Å². The maximum atomic E-state index is 14.2. The largest absolute Gasteiger partial charge is 0.416 e. The van der Waals surface area contributed by atoms with Gasteiger partial charge in [0.25, 0.3) is 10.0 Å². The minimum atomic E-state index is -4.76. The van der Waals surface area contributed by atoms with Crippen LogP contribution in [0.1, 0.15) is 50.2 Å². The van der Waals surface area contributed by atoms with Crippen LogP contribution >= 0.6 is 23.2 Å². The number of rotatable bonds is 11. The molecule has 236 valence electrons. The first-order valence-corrected chi connectivity index (χ1v) is 16.3. The molecule has 0 radical (unpaired) electrons. The molecule has 0 unspecified atom stereocenters. The summed E-state index contributed by atoms with van der Waals surface area (Å²) in [6, 6.07) is 14.4. The van der Waals surface area contributed by atoms with Crippen molar-refractivity contribution in [2.45, 2.75) is 68.7 Å². The Labute approximate surface area is 265 Å². The quantitative estimate of drug-likeness (QED) is 0.237. The van der Waals surface area contributed by atoms with Crippen molar-refractivity contribution in [3.63, 3.8) is 0 Å². The Morgan fingerprint density at radius 1 is 0.977 bits per heavy atom. The second-order valence-corrected chi connectivity index (χ2v) is 13.3. The molecule has 0 aromatic heterocycles. The fraction of sp³-hybridized carbons (Fsp3) is 0.355. The van der Waals surface area contributed by atoms with Crippen LogP contribution in [0.3, 0.4) is 0 Å². The second kappa shape index (κ2) is 14.2. The van der Waals surface area contributed by atoms with Crippen molar-refractivity contribution in [2.75, 3.05) is 10.8 Å². The third kappa shape index (κ3) is 8.05. The predicted molar refractivity (Wildman–Crippen MR) is 164 cm³/mol. The lowest BCUT2D eigenvalue weighted by atomic mass is 10.1. The van der Waals surface area contributed by atoms with Crippen molar-refractivity contribution in [2.24, 2.45) is 0 Å². The number of benzene rings is 3. The van der Waals surface area contributed by atoms with E-state index in [0.717, 1.165) is 37.8 Å². The van der Waals surface area contributed by atoms with E-state index in [9.17, 15) is 31.2 Å². The van der Waals surface area contributed by atoms with Gasteiger partial charge >= 0.3 is 6.18 Å².